The van der Waals surface area contributed by atoms with Crippen LogP contribution in [-0.2, 0) is 13.2 Å². The number of aromatic nitrogens is 4. The van der Waals surface area contributed by atoms with Crippen molar-refractivity contribution >= 4 is 5.91 Å². The molecule has 0 aromatic carbocycles. The van der Waals surface area contributed by atoms with Crippen molar-refractivity contribution in [2.45, 2.75) is 24.9 Å². The van der Waals surface area contributed by atoms with E-state index in [-0.39, 0.29) is 11.6 Å². The molecule has 1 aliphatic rings. The lowest BCUT2D eigenvalue weighted by Gasteiger charge is -2.32. The predicted octanol–water partition coefficient (Wildman–Crippen LogP) is 2.25. The molecule has 3 rings (SSSR count). The molecule has 0 spiro atoms. The number of amides is 1. The van der Waals surface area contributed by atoms with Gasteiger partial charge in [-0.1, -0.05) is 0 Å². The number of hydrogen-bond donors (Lipinski definition) is 0. The second-order valence-corrected chi connectivity index (χ2v) is 5.76. The smallest absolute Gasteiger partial charge is 0.337 e. The lowest BCUT2D eigenvalue weighted by Crippen LogP contribution is -2.39. The number of halogens is 3. The molecule has 6 nitrogen and oxygen atoms in total. The number of likely N-dealkylation sites (tertiary alicyclic amines) is 1. The van der Waals surface area contributed by atoms with Gasteiger partial charge < -0.3 is 4.90 Å². The average Bonchev–Trinajstić information content (AvgIpc) is 2.97. The van der Waals surface area contributed by atoms with Gasteiger partial charge in [-0.25, -0.2) is 9.97 Å². The molecule has 3 heterocycles. The highest BCUT2D eigenvalue weighted by Crippen LogP contribution is 2.30. The van der Waals surface area contributed by atoms with Crippen LogP contribution in [0.25, 0.3) is 0 Å². The Balaban J connectivity index is 1.78. The Morgan fingerprint density at radius 3 is 2.79 bits per heavy atom. The van der Waals surface area contributed by atoms with E-state index >= 15 is 0 Å². The summed E-state index contributed by atoms with van der Waals surface area (Å²) in [6.45, 7) is 0.909. The van der Waals surface area contributed by atoms with Crippen molar-refractivity contribution in [2.24, 2.45) is 7.05 Å². The summed E-state index contributed by atoms with van der Waals surface area (Å²) in [6.07, 6.45) is 0.184. The van der Waals surface area contributed by atoms with Gasteiger partial charge in [0.1, 0.15) is 12.0 Å². The van der Waals surface area contributed by atoms with Crippen LogP contribution in [0.2, 0.25) is 0 Å². The van der Waals surface area contributed by atoms with E-state index in [4.69, 9.17) is 0 Å². The summed E-state index contributed by atoms with van der Waals surface area (Å²) in [7, 11) is 1.18. The Hall–Kier alpha value is -2.45. The fourth-order valence-corrected chi connectivity index (χ4v) is 2.94. The first-order chi connectivity index (χ1) is 11.4. The lowest BCUT2D eigenvalue weighted by molar-refractivity contribution is -0.143. The van der Waals surface area contributed by atoms with Gasteiger partial charge >= 0.3 is 6.18 Å². The highest BCUT2D eigenvalue weighted by Gasteiger charge is 2.36. The highest BCUT2D eigenvalue weighted by atomic mass is 19.4. The van der Waals surface area contributed by atoms with Crippen molar-refractivity contribution in [3.8, 4) is 0 Å². The zero-order valence-corrected chi connectivity index (χ0v) is 13.0. The van der Waals surface area contributed by atoms with E-state index in [0.717, 1.165) is 24.6 Å². The molecule has 0 saturated carbocycles. The summed E-state index contributed by atoms with van der Waals surface area (Å²) in [5.41, 5.74) is -0.289. The fraction of sp³-hybridized carbons (Fsp3) is 0.467. The fourth-order valence-electron chi connectivity index (χ4n) is 2.94. The van der Waals surface area contributed by atoms with E-state index in [2.05, 4.69) is 15.1 Å². The summed E-state index contributed by atoms with van der Waals surface area (Å²) < 4.78 is 39.2. The summed E-state index contributed by atoms with van der Waals surface area (Å²) in [5.74, 6) is -0.434. The van der Waals surface area contributed by atoms with Crippen molar-refractivity contribution in [3.63, 3.8) is 0 Å². The molecule has 1 aliphatic heterocycles. The van der Waals surface area contributed by atoms with Crippen LogP contribution in [0.5, 0.6) is 0 Å². The van der Waals surface area contributed by atoms with E-state index in [0.29, 0.717) is 17.8 Å². The minimum absolute atomic E-state index is 0.0523. The number of nitrogens with zero attached hydrogens (tertiary/aromatic N) is 5. The van der Waals surface area contributed by atoms with Crippen LogP contribution in [-0.4, -0.2) is 43.6 Å². The second kappa shape index (κ2) is 6.21. The third-order valence-electron chi connectivity index (χ3n) is 4.12. The molecular formula is C15H16F3N5O. The molecule has 1 saturated heterocycles. The molecule has 24 heavy (non-hydrogen) atoms. The molecule has 2 aromatic heterocycles. The van der Waals surface area contributed by atoms with Crippen molar-refractivity contribution < 1.29 is 18.0 Å². The molecule has 0 radical (unpaired) electrons. The summed E-state index contributed by atoms with van der Waals surface area (Å²) in [5, 5.41) is 3.73. The van der Waals surface area contributed by atoms with Crippen LogP contribution in [0.4, 0.5) is 13.2 Å². The normalized spacial score (nSPS) is 18.7. The van der Waals surface area contributed by atoms with Crippen molar-refractivity contribution in [1.82, 2.24) is 24.6 Å². The summed E-state index contributed by atoms with van der Waals surface area (Å²) in [6, 6.07) is 2.60. The number of piperidine rings is 1. The van der Waals surface area contributed by atoms with Crippen LogP contribution in [0, 0.1) is 0 Å². The van der Waals surface area contributed by atoms with Crippen molar-refractivity contribution in [3.05, 3.63) is 41.7 Å². The molecule has 1 fully saturated rings. The van der Waals surface area contributed by atoms with E-state index in [1.807, 2.05) is 0 Å². The van der Waals surface area contributed by atoms with Crippen molar-refractivity contribution in [1.29, 1.82) is 0 Å². The SMILES string of the molecule is Cn1nc(C(=O)N2CCC[C@@H](c3ccncn3)C2)cc1C(F)(F)F. The van der Waals surface area contributed by atoms with Gasteiger partial charge in [0.2, 0.25) is 0 Å². The van der Waals surface area contributed by atoms with Gasteiger partial charge in [-0.3, -0.25) is 9.48 Å². The Kier molecular flexibility index (Phi) is 4.25. The number of rotatable bonds is 2. The number of carbonyl (C=O) groups excluding carboxylic acids is 1. The van der Waals surface area contributed by atoms with Crippen LogP contribution < -0.4 is 0 Å². The largest absolute Gasteiger partial charge is 0.433 e. The highest BCUT2D eigenvalue weighted by molar-refractivity contribution is 5.92. The van der Waals surface area contributed by atoms with Gasteiger partial charge in [-0.05, 0) is 18.9 Å². The molecule has 2 aromatic rings. The molecule has 0 bridgehead atoms. The molecule has 1 amide bonds. The number of alkyl halides is 3. The van der Waals surface area contributed by atoms with Gasteiger partial charge in [0, 0.05) is 44.0 Å². The second-order valence-electron chi connectivity index (χ2n) is 5.76. The zero-order chi connectivity index (χ0) is 17.3. The van der Waals surface area contributed by atoms with Gasteiger partial charge in [0.05, 0.1) is 0 Å². The van der Waals surface area contributed by atoms with E-state index in [9.17, 15) is 18.0 Å². The van der Waals surface area contributed by atoms with Gasteiger partial charge in [-0.15, -0.1) is 0 Å². The molecule has 9 heteroatoms. The predicted molar refractivity (Wildman–Crippen MR) is 78.1 cm³/mol. The monoisotopic (exact) mass is 339 g/mol. The molecule has 128 valence electrons. The van der Waals surface area contributed by atoms with E-state index in [1.165, 1.54) is 13.4 Å². The maximum absolute atomic E-state index is 12.9. The Labute approximate surface area is 136 Å². The summed E-state index contributed by atoms with van der Waals surface area (Å²) in [4.78, 5) is 22.1. The average molecular weight is 339 g/mol. The maximum atomic E-state index is 12.9. The van der Waals surface area contributed by atoms with Crippen LogP contribution >= 0.6 is 0 Å². The molecule has 1 atom stereocenters. The molecule has 0 unspecified atom stereocenters. The maximum Gasteiger partial charge on any atom is 0.433 e. The first kappa shape index (κ1) is 16.4. The van der Waals surface area contributed by atoms with Gasteiger partial charge in [0.15, 0.2) is 5.69 Å². The van der Waals surface area contributed by atoms with Gasteiger partial charge in [0.25, 0.3) is 5.91 Å². The standard InChI is InChI=1S/C15H16F3N5O/c1-22-13(15(16,17)18)7-12(21-22)14(24)23-6-2-3-10(8-23)11-4-5-19-9-20-11/h4-5,7,9-10H,2-3,6,8H2,1H3/t10-/m1/s1. The van der Waals surface area contributed by atoms with Crippen molar-refractivity contribution in [2.75, 3.05) is 13.1 Å². The van der Waals surface area contributed by atoms with E-state index in [1.54, 1.807) is 17.2 Å². The van der Waals surface area contributed by atoms with Crippen LogP contribution in [0.1, 0.15) is 40.6 Å². The Morgan fingerprint density at radius 1 is 1.38 bits per heavy atom. The minimum Gasteiger partial charge on any atom is -0.337 e. The lowest BCUT2D eigenvalue weighted by atomic mass is 9.94. The topological polar surface area (TPSA) is 63.9 Å². The molecule has 0 aliphatic carbocycles. The van der Waals surface area contributed by atoms with Gasteiger partial charge in [-0.2, -0.15) is 18.3 Å². The van der Waals surface area contributed by atoms with Crippen LogP contribution in [0.3, 0.4) is 0 Å². The number of aryl methyl sites for hydroxylation is 1. The minimum atomic E-state index is -4.54. The molecular weight excluding hydrogens is 323 g/mol. The third-order valence-corrected chi connectivity index (χ3v) is 4.12. The Bertz CT molecular complexity index is 728. The zero-order valence-electron chi connectivity index (χ0n) is 13.0. The quantitative estimate of drug-likeness (QED) is 0.842. The molecule has 0 N–H and O–H groups in total. The number of carbonyl (C=O) groups is 1. The Morgan fingerprint density at radius 2 is 2.17 bits per heavy atom. The van der Waals surface area contributed by atoms with E-state index < -0.39 is 17.8 Å². The summed E-state index contributed by atoms with van der Waals surface area (Å²) >= 11 is 0. The first-order valence-electron chi connectivity index (χ1n) is 7.52. The van der Waals surface area contributed by atoms with Crippen LogP contribution in [0.15, 0.2) is 24.7 Å². The number of hydrogen-bond acceptors (Lipinski definition) is 4. The third kappa shape index (κ3) is 3.24. The first-order valence-corrected chi connectivity index (χ1v) is 7.52.